The van der Waals surface area contributed by atoms with Crippen molar-refractivity contribution in [2.24, 2.45) is 0 Å². The lowest BCUT2D eigenvalue weighted by Gasteiger charge is -2.37. The van der Waals surface area contributed by atoms with E-state index >= 15 is 0 Å². The van der Waals surface area contributed by atoms with Crippen LogP contribution in [0.4, 0.5) is 0 Å². The molecule has 4 nitrogen and oxygen atoms in total. The molecule has 0 amide bonds. The first-order chi connectivity index (χ1) is 42.9. The fourth-order valence-corrected chi connectivity index (χ4v) is 13.9. The Morgan fingerprint density at radius 3 is 0.822 bits per heavy atom. The van der Waals surface area contributed by atoms with Crippen LogP contribution in [0.15, 0.2) is 267 Å². The molecule has 0 bridgehead atoms. The van der Waals surface area contributed by atoms with Crippen LogP contribution in [0.5, 0.6) is 23.0 Å². The maximum absolute atomic E-state index is 12.1. The molecule has 0 aromatic heterocycles. The molecular formula is C86H84O4. The summed E-state index contributed by atoms with van der Waals surface area (Å²) in [5, 5.41) is 47.9. The smallest absolute Gasteiger partial charge is 0.122 e. The van der Waals surface area contributed by atoms with E-state index in [1.807, 2.05) is 50.2 Å². The number of rotatable bonds is 14. The summed E-state index contributed by atoms with van der Waals surface area (Å²) < 4.78 is 0. The van der Waals surface area contributed by atoms with Crippen LogP contribution in [0.25, 0.3) is 21.5 Å². The molecule has 4 heteroatoms. The van der Waals surface area contributed by atoms with E-state index in [-0.39, 0.29) is 33.2 Å². The normalized spacial score (nSPS) is 12.4. The zero-order valence-corrected chi connectivity index (χ0v) is 54.2. The van der Waals surface area contributed by atoms with Gasteiger partial charge in [-0.2, -0.15) is 0 Å². The number of aryl methyl sites for hydroxylation is 2. The molecule has 12 rings (SSSR count). The molecule has 12 aromatic carbocycles. The van der Waals surface area contributed by atoms with Crippen molar-refractivity contribution in [2.45, 2.75) is 116 Å². The molecule has 12 aromatic rings. The van der Waals surface area contributed by atoms with Crippen molar-refractivity contribution in [1.29, 1.82) is 0 Å². The summed E-state index contributed by atoms with van der Waals surface area (Å²) >= 11 is 0. The molecule has 0 aliphatic heterocycles. The Morgan fingerprint density at radius 2 is 0.489 bits per heavy atom. The van der Waals surface area contributed by atoms with Gasteiger partial charge in [-0.25, -0.2) is 0 Å². The fraction of sp³-hybridized carbons (Fsp3) is 0.209. The van der Waals surface area contributed by atoms with Gasteiger partial charge in [0.2, 0.25) is 0 Å². The minimum absolute atomic E-state index is 0.203. The van der Waals surface area contributed by atoms with Crippen molar-refractivity contribution < 1.29 is 20.4 Å². The van der Waals surface area contributed by atoms with Crippen LogP contribution in [-0.2, 0) is 32.5 Å². The van der Waals surface area contributed by atoms with Crippen LogP contribution < -0.4 is 0 Å². The zero-order valence-electron chi connectivity index (χ0n) is 54.2. The van der Waals surface area contributed by atoms with Gasteiger partial charge in [0, 0.05) is 43.6 Å². The zero-order chi connectivity index (χ0) is 64.0. The van der Waals surface area contributed by atoms with E-state index in [0.29, 0.717) is 11.5 Å². The molecule has 0 aliphatic carbocycles. The van der Waals surface area contributed by atoms with Crippen LogP contribution in [-0.4, -0.2) is 20.4 Å². The lowest BCUT2D eigenvalue weighted by molar-refractivity contribution is 0.451. The Labute approximate surface area is 533 Å². The average Bonchev–Trinajstić information content (AvgIpc) is 0.733. The van der Waals surface area contributed by atoms with Crippen molar-refractivity contribution in [1.82, 2.24) is 0 Å². The van der Waals surface area contributed by atoms with Crippen LogP contribution in [0.3, 0.4) is 0 Å². The molecule has 0 saturated heterocycles. The predicted molar refractivity (Wildman–Crippen MR) is 375 cm³/mol. The third kappa shape index (κ3) is 11.2. The second-order valence-electron chi connectivity index (χ2n) is 27.2. The van der Waals surface area contributed by atoms with E-state index in [2.05, 4.69) is 275 Å². The highest BCUT2D eigenvalue weighted by atomic mass is 16.3. The quantitative estimate of drug-likeness (QED) is 0.0818. The Balaban J connectivity index is 0.000000188. The van der Waals surface area contributed by atoms with Gasteiger partial charge in [-0.1, -0.05) is 286 Å². The molecular weight excluding hydrogens is 1100 g/mol. The Morgan fingerprint density at radius 1 is 0.222 bits per heavy atom. The second kappa shape index (κ2) is 24.0. The Kier molecular flexibility index (Phi) is 16.6. The van der Waals surface area contributed by atoms with E-state index in [0.717, 1.165) is 66.8 Å². The van der Waals surface area contributed by atoms with E-state index in [4.69, 9.17) is 0 Å². The summed E-state index contributed by atoms with van der Waals surface area (Å²) in [7, 11) is 0. The molecule has 0 fully saturated rings. The van der Waals surface area contributed by atoms with Crippen molar-refractivity contribution in [3.05, 3.63) is 356 Å². The number of hydrogen-bond acceptors (Lipinski definition) is 4. The Hall–Kier alpha value is -9.64. The maximum Gasteiger partial charge on any atom is 0.122 e. The van der Waals surface area contributed by atoms with Crippen LogP contribution in [0.1, 0.15) is 158 Å². The topological polar surface area (TPSA) is 80.9 Å². The van der Waals surface area contributed by atoms with Gasteiger partial charge in [0.05, 0.1) is 0 Å². The third-order valence-electron chi connectivity index (χ3n) is 20.3. The van der Waals surface area contributed by atoms with E-state index in [1.165, 1.54) is 43.8 Å². The number of fused-ring (bicyclic) bond motifs is 2. The van der Waals surface area contributed by atoms with Gasteiger partial charge in [0.25, 0.3) is 0 Å². The number of phenols is 4. The molecule has 90 heavy (non-hydrogen) atoms. The highest BCUT2D eigenvalue weighted by Crippen LogP contribution is 2.51. The summed E-state index contributed by atoms with van der Waals surface area (Å²) in [5.74, 6) is 1.22. The van der Waals surface area contributed by atoms with E-state index < -0.39 is 10.8 Å². The van der Waals surface area contributed by atoms with Gasteiger partial charge in [-0.05, 0) is 164 Å². The van der Waals surface area contributed by atoms with Crippen LogP contribution in [0, 0.1) is 13.8 Å². The predicted octanol–water partition coefficient (Wildman–Crippen LogP) is 21.1. The summed E-state index contributed by atoms with van der Waals surface area (Å²) in [6.45, 7) is 26.4. The largest absolute Gasteiger partial charge is 0.508 e. The molecule has 0 spiro atoms. The van der Waals surface area contributed by atoms with Gasteiger partial charge in [0.15, 0.2) is 0 Å². The van der Waals surface area contributed by atoms with Crippen molar-refractivity contribution >= 4 is 21.5 Å². The molecule has 0 radical (unpaired) electrons. The second-order valence-corrected chi connectivity index (χ2v) is 27.2. The minimum atomic E-state index is -0.680. The lowest BCUT2D eigenvalue weighted by Crippen LogP contribution is -2.28. The van der Waals surface area contributed by atoms with Gasteiger partial charge >= 0.3 is 0 Å². The van der Waals surface area contributed by atoms with Gasteiger partial charge in [-0.3, -0.25) is 0 Å². The Bertz CT molecular complexity index is 4390. The first kappa shape index (κ1) is 62.0. The molecule has 0 heterocycles. The summed E-state index contributed by atoms with van der Waals surface area (Å²) in [6, 6.07) is 92.7. The summed E-state index contributed by atoms with van der Waals surface area (Å²) in [4.78, 5) is 0. The minimum Gasteiger partial charge on any atom is -0.508 e. The fourth-order valence-electron chi connectivity index (χ4n) is 13.9. The average molecular weight is 1180 g/mol. The maximum atomic E-state index is 12.1. The van der Waals surface area contributed by atoms with Crippen molar-refractivity contribution in [3.8, 4) is 23.0 Å². The molecule has 452 valence electrons. The molecule has 4 N–H and O–H groups in total. The highest BCUT2D eigenvalue weighted by molar-refractivity contribution is 5.92. The first-order valence-electron chi connectivity index (χ1n) is 31.5. The molecule has 0 atom stereocenters. The van der Waals surface area contributed by atoms with Gasteiger partial charge < -0.3 is 20.4 Å². The summed E-state index contributed by atoms with van der Waals surface area (Å²) in [6.07, 6.45) is 0. The molecule has 0 saturated carbocycles. The van der Waals surface area contributed by atoms with Crippen LogP contribution in [0.2, 0.25) is 0 Å². The molecule has 0 unspecified atom stereocenters. The van der Waals surface area contributed by atoms with Gasteiger partial charge in [0.1, 0.15) is 23.0 Å². The monoisotopic (exact) mass is 1180 g/mol. The van der Waals surface area contributed by atoms with Crippen molar-refractivity contribution in [3.63, 3.8) is 0 Å². The van der Waals surface area contributed by atoms with Crippen LogP contribution >= 0.6 is 0 Å². The third-order valence-corrected chi connectivity index (χ3v) is 20.3. The number of phenolic OH excluding ortho intramolecular Hbond substituents is 4. The molecule has 0 aliphatic rings. The highest BCUT2D eigenvalue weighted by Gasteiger charge is 2.40. The first-order valence-corrected chi connectivity index (χ1v) is 31.5. The standard InChI is InChI=1S/C47H44O2.C39H40O2/c1-31-29-37(46(4,5)35-23-21-34(22-24-35)45(2,3)36-25-27-38(48)28-26-36)30-43(44(31)49)47(6,41-19-11-15-32-13-7-9-17-39(32)41)42-20-12-16-33-14-8-10-18-40(33)42;1-27-25-33(26-35(36(27)41)39(6,31-13-9-7-10-14-31)32-15-11-8-12-16-32)38(4,5)29-19-17-28(18-20-29)37(2,3)30-21-23-34(40)24-22-30/h7-30,48-49H,1-6H3;7-26,40-41H,1-6H3. The SMILES string of the molecule is Cc1cc(C(C)(C)c2ccc(C(C)(C)c3ccc(O)cc3)cc2)cc(C(C)(c2cccc3ccccc23)c2cccc3ccccc23)c1O.Cc1cc(C(C)(C)c2ccc(C(C)(C)c3ccc(O)cc3)cc2)cc(C(C)(c2ccccc2)c2ccccc2)c1O. The van der Waals surface area contributed by atoms with Crippen molar-refractivity contribution in [2.75, 3.05) is 0 Å². The number of aromatic hydroxyl groups is 4. The number of hydrogen-bond donors (Lipinski definition) is 4. The van der Waals surface area contributed by atoms with E-state index in [9.17, 15) is 20.4 Å². The lowest BCUT2D eigenvalue weighted by atomic mass is 9.66. The number of benzene rings is 12. The van der Waals surface area contributed by atoms with E-state index in [1.54, 1.807) is 24.3 Å². The summed E-state index contributed by atoms with van der Waals surface area (Å²) in [5.41, 5.74) is 15.3. The van der Waals surface area contributed by atoms with Gasteiger partial charge in [-0.15, -0.1) is 0 Å².